The van der Waals surface area contributed by atoms with E-state index in [9.17, 15) is 0 Å². The number of furan rings is 1. The Hall–Kier alpha value is -1.45. The standard InChI is InChI=1S/C12H12ClNO2/c1-8-6-9(13)2-4-11(8)16-12-5-3-10(7-14)15-12/h2-6H,7,14H2,1H3. The summed E-state index contributed by atoms with van der Waals surface area (Å²) < 4.78 is 10.9. The highest BCUT2D eigenvalue weighted by atomic mass is 35.5. The van der Waals surface area contributed by atoms with Crippen molar-refractivity contribution >= 4 is 11.6 Å². The molecule has 84 valence electrons. The Balaban J connectivity index is 2.20. The first-order valence-corrected chi connectivity index (χ1v) is 5.29. The van der Waals surface area contributed by atoms with Gasteiger partial charge in [-0.3, -0.25) is 0 Å². The molecule has 0 aliphatic carbocycles. The zero-order valence-corrected chi connectivity index (χ0v) is 9.62. The van der Waals surface area contributed by atoms with E-state index in [1.54, 1.807) is 18.2 Å². The molecule has 1 aromatic heterocycles. The largest absolute Gasteiger partial charge is 0.429 e. The van der Waals surface area contributed by atoms with Crippen molar-refractivity contribution in [3.8, 4) is 11.7 Å². The van der Waals surface area contributed by atoms with E-state index in [0.717, 1.165) is 11.3 Å². The molecule has 0 radical (unpaired) electrons. The van der Waals surface area contributed by atoms with E-state index in [-0.39, 0.29) is 0 Å². The first-order chi connectivity index (χ1) is 7.69. The number of hydrogen-bond donors (Lipinski definition) is 1. The lowest BCUT2D eigenvalue weighted by atomic mass is 10.2. The summed E-state index contributed by atoms with van der Waals surface area (Å²) in [5, 5.41) is 0.687. The summed E-state index contributed by atoms with van der Waals surface area (Å²) in [5.41, 5.74) is 6.40. The first kappa shape index (κ1) is 11.0. The average molecular weight is 238 g/mol. The van der Waals surface area contributed by atoms with Crippen molar-refractivity contribution in [3.63, 3.8) is 0 Å². The van der Waals surface area contributed by atoms with Gasteiger partial charge in [0.15, 0.2) is 0 Å². The fourth-order valence-electron chi connectivity index (χ4n) is 1.36. The van der Waals surface area contributed by atoms with Crippen molar-refractivity contribution in [2.24, 2.45) is 5.73 Å². The van der Waals surface area contributed by atoms with Crippen molar-refractivity contribution < 1.29 is 9.15 Å². The normalized spacial score (nSPS) is 10.4. The number of aryl methyl sites for hydroxylation is 1. The van der Waals surface area contributed by atoms with Gasteiger partial charge in [0.1, 0.15) is 11.5 Å². The summed E-state index contributed by atoms with van der Waals surface area (Å²) in [6, 6.07) is 8.96. The molecule has 16 heavy (non-hydrogen) atoms. The molecule has 0 spiro atoms. The molecule has 0 unspecified atom stereocenters. The van der Waals surface area contributed by atoms with Crippen LogP contribution in [0.2, 0.25) is 5.02 Å². The van der Waals surface area contributed by atoms with Crippen molar-refractivity contribution in [2.45, 2.75) is 13.5 Å². The van der Waals surface area contributed by atoms with Crippen molar-refractivity contribution in [1.82, 2.24) is 0 Å². The molecule has 0 aliphatic heterocycles. The molecule has 0 amide bonds. The van der Waals surface area contributed by atoms with E-state index in [2.05, 4.69) is 0 Å². The van der Waals surface area contributed by atoms with Gasteiger partial charge in [-0.15, -0.1) is 0 Å². The van der Waals surface area contributed by atoms with Gasteiger partial charge >= 0.3 is 0 Å². The van der Waals surface area contributed by atoms with Crippen LogP contribution in [0.4, 0.5) is 0 Å². The Bertz CT molecular complexity index is 494. The molecule has 1 aromatic carbocycles. The van der Waals surface area contributed by atoms with Crippen LogP contribution in [0, 0.1) is 6.92 Å². The summed E-state index contributed by atoms with van der Waals surface area (Å²) >= 11 is 5.85. The number of halogens is 1. The van der Waals surface area contributed by atoms with E-state index in [4.69, 9.17) is 26.5 Å². The van der Waals surface area contributed by atoms with Crippen molar-refractivity contribution in [2.75, 3.05) is 0 Å². The predicted octanol–water partition coefficient (Wildman–Crippen LogP) is 3.49. The molecule has 3 nitrogen and oxygen atoms in total. The van der Waals surface area contributed by atoms with Gasteiger partial charge < -0.3 is 14.9 Å². The molecule has 2 rings (SSSR count). The molecule has 0 atom stereocenters. The maximum atomic E-state index is 5.85. The number of ether oxygens (including phenoxy) is 1. The number of rotatable bonds is 3. The highest BCUT2D eigenvalue weighted by Gasteiger charge is 2.05. The highest BCUT2D eigenvalue weighted by molar-refractivity contribution is 6.30. The van der Waals surface area contributed by atoms with Crippen LogP contribution in [-0.4, -0.2) is 0 Å². The van der Waals surface area contributed by atoms with Crippen LogP contribution in [-0.2, 0) is 6.54 Å². The SMILES string of the molecule is Cc1cc(Cl)ccc1Oc1ccc(CN)o1. The fraction of sp³-hybridized carbons (Fsp3) is 0.167. The third-order valence-corrected chi connectivity index (χ3v) is 2.42. The summed E-state index contributed by atoms with van der Waals surface area (Å²) in [4.78, 5) is 0. The Morgan fingerprint density at radius 3 is 2.75 bits per heavy atom. The summed E-state index contributed by atoms with van der Waals surface area (Å²) in [6.45, 7) is 2.29. The molecular weight excluding hydrogens is 226 g/mol. The molecular formula is C12H12ClNO2. The number of nitrogens with two attached hydrogens (primary N) is 1. The Labute approximate surface area is 98.8 Å². The second-order valence-electron chi connectivity index (χ2n) is 3.44. The van der Waals surface area contributed by atoms with Crippen molar-refractivity contribution in [1.29, 1.82) is 0 Å². The predicted molar refractivity (Wildman–Crippen MR) is 62.9 cm³/mol. The van der Waals surface area contributed by atoms with Gasteiger partial charge in [0.2, 0.25) is 0 Å². The highest BCUT2D eigenvalue weighted by Crippen LogP contribution is 2.28. The topological polar surface area (TPSA) is 48.4 Å². The Morgan fingerprint density at radius 1 is 1.31 bits per heavy atom. The van der Waals surface area contributed by atoms with Gasteiger partial charge in [-0.05, 0) is 36.8 Å². The monoisotopic (exact) mass is 237 g/mol. The lowest BCUT2D eigenvalue weighted by molar-refractivity contribution is 0.331. The van der Waals surface area contributed by atoms with Crippen LogP contribution in [0.1, 0.15) is 11.3 Å². The summed E-state index contributed by atoms with van der Waals surface area (Å²) in [5.74, 6) is 1.86. The summed E-state index contributed by atoms with van der Waals surface area (Å²) in [7, 11) is 0. The fourth-order valence-corrected chi connectivity index (χ4v) is 1.59. The third kappa shape index (κ3) is 2.38. The maximum absolute atomic E-state index is 5.85. The van der Waals surface area contributed by atoms with E-state index in [1.165, 1.54) is 0 Å². The van der Waals surface area contributed by atoms with E-state index in [0.29, 0.717) is 23.3 Å². The molecule has 2 N–H and O–H groups in total. The third-order valence-electron chi connectivity index (χ3n) is 2.19. The molecule has 0 bridgehead atoms. The van der Waals surface area contributed by atoms with Gasteiger partial charge in [-0.25, -0.2) is 0 Å². The molecule has 0 aliphatic rings. The zero-order chi connectivity index (χ0) is 11.5. The first-order valence-electron chi connectivity index (χ1n) is 4.92. The molecule has 1 heterocycles. The van der Waals surface area contributed by atoms with Gasteiger partial charge in [-0.1, -0.05) is 11.6 Å². The smallest absolute Gasteiger partial charge is 0.290 e. The lowest BCUT2D eigenvalue weighted by Crippen LogP contribution is -1.92. The van der Waals surface area contributed by atoms with Crippen molar-refractivity contribution in [3.05, 3.63) is 46.7 Å². The Kier molecular flexibility index (Phi) is 3.17. The van der Waals surface area contributed by atoms with Gasteiger partial charge in [0, 0.05) is 11.1 Å². The molecule has 4 heteroatoms. The number of hydrogen-bond acceptors (Lipinski definition) is 3. The number of benzene rings is 1. The van der Waals surface area contributed by atoms with Crippen LogP contribution >= 0.6 is 11.6 Å². The lowest BCUT2D eigenvalue weighted by Gasteiger charge is -2.05. The minimum atomic E-state index is 0.364. The minimum Gasteiger partial charge on any atom is -0.429 e. The van der Waals surface area contributed by atoms with E-state index in [1.807, 2.05) is 19.1 Å². The molecule has 0 saturated heterocycles. The van der Waals surface area contributed by atoms with Crippen LogP contribution in [0.15, 0.2) is 34.7 Å². The van der Waals surface area contributed by atoms with Gasteiger partial charge in [0.05, 0.1) is 6.54 Å². The van der Waals surface area contributed by atoms with Crippen LogP contribution in [0.25, 0.3) is 0 Å². The van der Waals surface area contributed by atoms with Crippen LogP contribution in [0.5, 0.6) is 11.7 Å². The minimum absolute atomic E-state index is 0.364. The molecule has 0 fully saturated rings. The van der Waals surface area contributed by atoms with Crippen LogP contribution < -0.4 is 10.5 Å². The van der Waals surface area contributed by atoms with E-state index < -0.39 is 0 Å². The van der Waals surface area contributed by atoms with Crippen LogP contribution in [0.3, 0.4) is 0 Å². The average Bonchev–Trinajstić information content (AvgIpc) is 2.70. The quantitative estimate of drug-likeness (QED) is 0.889. The van der Waals surface area contributed by atoms with E-state index >= 15 is 0 Å². The second-order valence-corrected chi connectivity index (χ2v) is 3.87. The summed E-state index contributed by atoms with van der Waals surface area (Å²) in [6.07, 6.45) is 0. The Morgan fingerprint density at radius 2 is 2.12 bits per heavy atom. The molecule has 0 saturated carbocycles. The maximum Gasteiger partial charge on any atom is 0.290 e. The molecule has 2 aromatic rings. The zero-order valence-electron chi connectivity index (χ0n) is 8.87. The van der Waals surface area contributed by atoms with Gasteiger partial charge in [-0.2, -0.15) is 0 Å². The van der Waals surface area contributed by atoms with Gasteiger partial charge in [0.25, 0.3) is 5.95 Å². The second kappa shape index (κ2) is 4.60.